The number of rotatable bonds is 7. The lowest BCUT2D eigenvalue weighted by atomic mass is 10.0. The predicted molar refractivity (Wildman–Crippen MR) is 116 cm³/mol. The van der Waals surface area contributed by atoms with E-state index < -0.39 is 6.04 Å². The van der Waals surface area contributed by atoms with Gasteiger partial charge in [-0.2, -0.15) is 4.91 Å². The van der Waals surface area contributed by atoms with E-state index in [0.717, 1.165) is 22.5 Å². The maximum atomic E-state index is 10.8. The summed E-state index contributed by atoms with van der Waals surface area (Å²) in [6, 6.07) is 5.13. The van der Waals surface area contributed by atoms with Crippen LogP contribution in [0.2, 0.25) is 0 Å². The first-order chi connectivity index (χ1) is 13.8. The minimum absolute atomic E-state index is 0.102. The third-order valence-electron chi connectivity index (χ3n) is 4.55. The molecule has 1 atom stereocenters. The summed E-state index contributed by atoms with van der Waals surface area (Å²) in [6.07, 6.45) is 5.66. The van der Waals surface area contributed by atoms with E-state index in [-0.39, 0.29) is 12.1 Å². The molecule has 0 aliphatic carbocycles. The SMILES string of the molecule is CC(N=O)c1ccnc(Nc2cc3c(c(NC(C)(C)C)n2)CN(CCO)C=C3)c1. The number of hydrogen-bond donors (Lipinski definition) is 3. The van der Waals surface area contributed by atoms with Gasteiger partial charge in [-0.3, -0.25) is 0 Å². The average Bonchev–Trinajstić information content (AvgIpc) is 2.67. The summed E-state index contributed by atoms with van der Waals surface area (Å²) in [5, 5.41) is 19.1. The molecular weight excluding hydrogens is 368 g/mol. The molecule has 0 radical (unpaired) electrons. The number of fused-ring (bicyclic) bond motifs is 1. The van der Waals surface area contributed by atoms with Crippen molar-refractivity contribution in [3.05, 3.63) is 52.2 Å². The average molecular weight is 396 g/mol. The van der Waals surface area contributed by atoms with Crippen LogP contribution in [0, 0.1) is 4.91 Å². The molecule has 1 aliphatic rings. The van der Waals surface area contributed by atoms with Gasteiger partial charge in [0.1, 0.15) is 23.5 Å². The number of nitroso groups, excluding NO2 is 1. The van der Waals surface area contributed by atoms with Gasteiger partial charge in [-0.05, 0) is 63.1 Å². The largest absolute Gasteiger partial charge is 0.395 e. The van der Waals surface area contributed by atoms with Gasteiger partial charge in [0.25, 0.3) is 0 Å². The molecule has 3 N–H and O–H groups in total. The molecule has 2 aromatic heterocycles. The molecule has 0 bridgehead atoms. The van der Waals surface area contributed by atoms with Crippen LogP contribution < -0.4 is 10.6 Å². The maximum absolute atomic E-state index is 10.8. The zero-order chi connectivity index (χ0) is 21.0. The Bertz CT molecular complexity index is 907. The van der Waals surface area contributed by atoms with Crippen LogP contribution in [-0.2, 0) is 6.54 Å². The Morgan fingerprint density at radius 1 is 1.31 bits per heavy atom. The minimum Gasteiger partial charge on any atom is -0.395 e. The van der Waals surface area contributed by atoms with E-state index in [2.05, 4.69) is 46.5 Å². The normalized spacial score (nSPS) is 14.3. The number of hydrogen-bond acceptors (Lipinski definition) is 8. The number of aromatic nitrogens is 2. The van der Waals surface area contributed by atoms with Gasteiger partial charge in [-0.1, -0.05) is 5.18 Å². The highest BCUT2D eigenvalue weighted by molar-refractivity contribution is 5.69. The smallest absolute Gasteiger partial charge is 0.134 e. The highest BCUT2D eigenvalue weighted by Gasteiger charge is 2.21. The summed E-state index contributed by atoms with van der Waals surface area (Å²) in [5.74, 6) is 2.06. The van der Waals surface area contributed by atoms with Gasteiger partial charge >= 0.3 is 0 Å². The van der Waals surface area contributed by atoms with Gasteiger partial charge in [0, 0.05) is 36.6 Å². The fourth-order valence-corrected chi connectivity index (χ4v) is 3.12. The number of pyridine rings is 2. The Morgan fingerprint density at radius 3 is 2.79 bits per heavy atom. The van der Waals surface area contributed by atoms with E-state index in [0.29, 0.717) is 24.7 Å². The number of aliphatic hydroxyl groups is 1. The van der Waals surface area contributed by atoms with Crippen molar-refractivity contribution in [1.29, 1.82) is 0 Å². The first-order valence-corrected chi connectivity index (χ1v) is 9.69. The van der Waals surface area contributed by atoms with Crippen LogP contribution in [0.3, 0.4) is 0 Å². The van der Waals surface area contributed by atoms with Crippen molar-refractivity contribution in [2.24, 2.45) is 5.18 Å². The minimum atomic E-state index is -0.436. The molecule has 0 aromatic carbocycles. The molecule has 1 aliphatic heterocycles. The van der Waals surface area contributed by atoms with Gasteiger partial charge in [0.2, 0.25) is 0 Å². The topological polar surface area (TPSA) is 103 Å². The molecule has 3 heterocycles. The van der Waals surface area contributed by atoms with Crippen LogP contribution in [0.5, 0.6) is 0 Å². The summed E-state index contributed by atoms with van der Waals surface area (Å²) in [7, 11) is 0. The molecule has 1 unspecified atom stereocenters. The lowest BCUT2D eigenvalue weighted by molar-refractivity contribution is 0.232. The fraction of sp³-hybridized carbons (Fsp3) is 0.429. The number of aliphatic hydroxyl groups excluding tert-OH is 1. The van der Waals surface area contributed by atoms with E-state index in [4.69, 9.17) is 4.98 Å². The third kappa shape index (κ3) is 5.29. The van der Waals surface area contributed by atoms with Crippen molar-refractivity contribution in [3.8, 4) is 0 Å². The molecule has 0 spiro atoms. The van der Waals surface area contributed by atoms with Crippen molar-refractivity contribution in [2.45, 2.75) is 45.8 Å². The van der Waals surface area contributed by atoms with Gasteiger partial charge in [-0.15, -0.1) is 0 Å². The van der Waals surface area contributed by atoms with Crippen molar-refractivity contribution in [2.75, 3.05) is 23.8 Å². The third-order valence-corrected chi connectivity index (χ3v) is 4.55. The summed E-state index contributed by atoms with van der Waals surface area (Å²) < 4.78 is 0. The molecule has 3 rings (SSSR count). The first kappa shape index (κ1) is 20.7. The van der Waals surface area contributed by atoms with Crippen LogP contribution in [-0.4, -0.2) is 38.7 Å². The Labute approximate surface area is 171 Å². The Kier molecular flexibility index (Phi) is 6.12. The maximum Gasteiger partial charge on any atom is 0.134 e. The van der Waals surface area contributed by atoms with E-state index >= 15 is 0 Å². The first-order valence-electron chi connectivity index (χ1n) is 9.69. The number of nitrogens with one attached hydrogen (secondary N) is 2. The highest BCUT2D eigenvalue weighted by atomic mass is 16.3. The van der Waals surface area contributed by atoms with Gasteiger partial charge < -0.3 is 20.6 Å². The molecule has 2 aromatic rings. The number of anilines is 3. The van der Waals surface area contributed by atoms with Crippen molar-refractivity contribution in [1.82, 2.24) is 14.9 Å². The standard InChI is InChI=1S/C21H28N6O2/c1-14(26-29)15-5-7-22-18(11-15)23-19-12-16-6-8-27(9-10-28)13-17(16)20(24-19)25-21(2,3)4/h5-8,11-12,14,28H,9-10,13H2,1-4H3,(H2,22,23,24,25). The molecule has 0 fully saturated rings. The van der Waals surface area contributed by atoms with Crippen molar-refractivity contribution < 1.29 is 5.11 Å². The van der Waals surface area contributed by atoms with E-state index in [1.807, 2.05) is 24.4 Å². The van der Waals surface area contributed by atoms with Gasteiger partial charge in [0.15, 0.2) is 0 Å². The molecule has 0 saturated carbocycles. The Morgan fingerprint density at radius 2 is 2.10 bits per heavy atom. The van der Waals surface area contributed by atoms with Crippen LogP contribution in [0.4, 0.5) is 17.5 Å². The second-order valence-electron chi connectivity index (χ2n) is 8.19. The number of nitrogens with zero attached hydrogens (tertiary/aromatic N) is 4. The molecular formula is C21H28N6O2. The van der Waals surface area contributed by atoms with Crippen LogP contribution >= 0.6 is 0 Å². The van der Waals surface area contributed by atoms with Crippen LogP contribution in [0.1, 0.15) is 50.4 Å². The fourth-order valence-electron chi connectivity index (χ4n) is 3.12. The van der Waals surface area contributed by atoms with Gasteiger partial charge in [-0.25, -0.2) is 9.97 Å². The van der Waals surface area contributed by atoms with Crippen molar-refractivity contribution in [3.63, 3.8) is 0 Å². The lowest BCUT2D eigenvalue weighted by Gasteiger charge is -2.29. The zero-order valence-electron chi connectivity index (χ0n) is 17.3. The van der Waals surface area contributed by atoms with E-state index in [9.17, 15) is 10.0 Å². The zero-order valence-corrected chi connectivity index (χ0v) is 17.3. The summed E-state index contributed by atoms with van der Waals surface area (Å²) in [6.45, 7) is 9.36. The second kappa shape index (κ2) is 8.57. The van der Waals surface area contributed by atoms with Crippen LogP contribution in [0.15, 0.2) is 35.8 Å². The highest BCUT2D eigenvalue weighted by Crippen LogP contribution is 2.31. The molecule has 8 heteroatoms. The Balaban J connectivity index is 1.95. The lowest BCUT2D eigenvalue weighted by Crippen LogP contribution is -2.30. The summed E-state index contributed by atoms with van der Waals surface area (Å²) >= 11 is 0. The molecule has 0 saturated heterocycles. The Hall–Kier alpha value is -3.00. The summed E-state index contributed by atoms with van der Waals surface area (Å²) in [4.78, 5) is 22.0. The van der Waals surface area contributed by atoms with E-state index in [1.165, 1.54) is 0 Å². The van der Waals surface area contributed by atoms with Crippen molar-refractivity contribution >= 4 is 23.5 Å². The molecule has 0 amide bonds. The predicted octanol–water partition coefficient (Wildman–Crippen LogP) is 4.04. The van der Waals surface area contributed by atoms with Crippen LogP contribution in [0.25, 0.3) is 6.08 Å². The van der Waals surface area contributed by atoms with Gasteiger partial charge in [0.05, 0.1) is 6.61 Å². The monoisotopic (exact) mass is 396 g/mol. The summed E-state index contributed by atoms with van der Waals surface area (Å²) in [5.41, 5.74) is 2.78. The second-order valence-corrected chi connectivity index (χ2v) is 8.19. The molecule has 29 heavy (non-hydrogen) atoms. The molecule has 8 nitrogen and oxygen atoms in total. The number of β-amino-alcohol motifs (C(OH)–C–C–N with tert-alkyl or cyclic N) is 1. The quantitative estimate of drug-likeness (QED) is 0.607. The van der Waals surface area contributed by atoms with E-state index in [1.54, 1.807) is 19.2 Å². The molecule has 154 valence electrons.